The number of rotatable bonds is 8. The van der Waals surface area contributed by atoms with Crippen molar-refractivity contribution in [3.8, 4) is 12.1 Å². The summed E-state index contributed by atoms with van der Waals surface area (Å²) in [6, 6.07) is 21.2. The summed E-state index contributed by atoms with van der Waals surface area (Å²) >= 11 is 0. The summed E-state index contributed by atoms with van der Waals surface area (Å²) in [6.07, 6.45) is 5.98. The van der Waals surface area contributed by atoms with Crippen molar-refractivity contribution < 1.29 is 0 Å². The van der Waals surface area contributed by atoms with Crippen LogP contribution in [-0.4, -0.2) is 16.5 Å². The van der Waals surface area contributed by atoms with Crippen LogP contribution < -0.4 is 10.6 Å². The third-order valence-corrected chi connectivity index (χ3v) is 4.46. The molecule has 2 aromatic carbocycles. The molecule has 0 saturated heterocycles. The van der Waals surface area contributed by atoms with Gasteiger partial charge >= 0.3 is 0 Å². The molecular weight excluding hydrogens is 372 g/mol. The molecule has 0 radical (unpaired) electrons. The van der Waals surface area contributed by atoms with Gasteiger partial charge in [0.2, 0.25) is 5.95 Å². The predicted molar refractivity (Wildman–Crippen MR) is 118 cm³/mol. The number of allylic oxidation sites excluding steroid dienone is 1. The van der Waals surface area contributed by atoms with E-state index in [9.17, 15) is 0 Å². The van der Waals surface area contributed by atoms with Crippen LogP contribution in [0.25, 0.3) is 6.08 Å². The average molecular weight is 394 g/mol. The lowest BCUT2D eigenvalue weighted by Gasteiger charge is -2.19. The zero-order valence-electron chi connectivity index (χ0n) is 16.7. The van der Waals surface area contributed by atoms with Gasteiger partial charge in [-0.3, -0.25) is 0 Å². The van der Waals surface area contributed by atoms with Gasteiger partial charge in [-0.25, -0.2) is 9.97 Å². The Morgan fingerprint density at radius 1 is 1.03 bits per heavy atom. The second kappa shape index (κ2) is 10.5. The molecule has 0 amide bonds. The van der Waals surface area contributed by atoms with E-state index in [1.807, 2.05) is 48.5 Å². The fourth-order valence-corrected chi connectivity index (χ4v) is 2.97. The molecule has 1 unspecified atom stereocenters. The van der Waals surface area contributed by atoms with Crippen LogP contribution in [0.3, 0.4) is 0 Å². The molecule has 0 spiro atoms. The number of nitriles is 2. The molecule has 1 atom stereocenters. The van der Waals surface area contributed by atoms with Crippen LogP contribution >= 0.6 is 0 Å². The SMILES string of the molecule is CCCNC(c1ccc(/C=C/C#N)cc1)c1ccnc(Nc2ccc(C#N)cc2)n1. The lowest BCUT2D eigenvalue weighted by atomic mass is 10.0. The first kappa shape index (κ1) is 20.7. The largest absolute Gasteiger partial charge is 0.324 e. The number of nitrogens with one attached hydrogen (secondary N) is 2. The molecule has 1 heterocycles. The van der Waals surface area contributed by atoms with E-state index in [4.69, 9.17) is 15.5 Å². The Bertz CT molecular complexity index is 1070. The van der Waals surface area contributed by atoms with E-state index in [0.29, 0.717) is 11.5 Å². The molecular formula is C24H22N6. The standard InChI is InChI=1S/C24H22N6/c1-2-15-27-23(20-9-5-18(6-10-20)4-3-14-25)22-13-16-28-24(30-22)29-21-11-7-19(17-26)8-12-21/h3-13,16,23,27H,2,15H2,1H3,(H,28,29,30)/b4-3+. The van der Waals surface area contributed by atoms with Gasteiger partial charge in [0.05, 0.1) is 29.4 Å². The molecule has 30 heavy (non-hydrogen) atoms. The summed E-state index contributed by atoms with van der Waals surface area (Å²) < 4.78 is 0. The van der Waals surface area contributed by atoms with Gasteiger partial charge in [-0.2, -0.15) is 10.5 Å². The van der Waals surface area contributed by atoms with E-state index < -0.39 is 0 Å². The summed E-state index contributed by atoms with van der Waals surface area (Å²) in [4.78, 5) is 9.03. The monoisotopic (exact) mass is 394 g/mol. The Hall–Kier alpha value is -4.00. The van der Waals surface area contributed by atoms with Crippen LogP contribution in [0.2, 0.25) is 0 Å². The fraction of sp³-hybridized carbons (Fsp3) is 0.167. The summed E-state index contributed by atoms with van der Waals surface area (Å²) in [6.45, 7) is 2.97. The molecule has 3 aromatic rings. The molecule has 1 aromatic heterocycles. The molecule has 0 aliphatic heterocycles. The van der Waals surface area contributed by atoms with E-state index in [1.54, 1.807) is 24.4 Å². The van der Waals surface area contributed by atoms with Crippen molar-refractivity contribution in [2.75, 3.05) is 11.9 Å². The normalized spacial score (nSPS) is 11.6. The Labute approximate surface area is 176 Å². The second-order valence-electron chi connectivity index (χ2n) is 6.64. The first-order chi connectivity index (χ1) is 14.7. The van der Waals surface area contributed by atoms with Gasteiger partial charge in [0.15, 0.2) is 0 Å². The minimum atomic E-state index is -0.0801. The van der Waals surface area contributed by atoms with Gasteiger partial charge in [0.25, 0.3) is 0 Å². The first-order valence-corrected chi connectivity index (χ1v) is 9.73. The highest BCUT2D eigenvalue weighted by Crippen LogP contribution is 2.23. The van der Waals surface area contributed by atoms with Crippen LogP contribution in [0.4, 0.5) is 11.6 Å². The zero-order valence-corrected chi connectivity index (χ0v) is 16.7. The van der Waals surface area contributed by atoms with Gasteiger partial charge in [-0.15, -0.1) is 0 Å². The topological polar surface area (TPSA) is 97.4 Å². The van der Waals surface area contributed by atoms with Gasteiger partial charge in [-0.05, 0) is 60.5 Å². The highest BCUT2D eigenvalue weighted by molar-refractivity contribution is 5.55. The van der Waals surface area contributed by atoms with Crippen LogP contribution in [0.15, 0.2) is 66.9 Å². The Balaban J connectivity index is 1.85. The predicted octanol–water partition coefficient (Wildman–Crippen LogP) is 4.72. The minimum absolute atomic E-state index is 0.0801. The van der Waals surface area contributed by atoms with Crippen molar-refractivity contribution in [3.63, 3.8) is 0 Å². The zero-order chi connectivity index (χ0) is 21.2. The fourth-order valence-electron chi connectivity index (χ4n) is 2.97. The molecule has 6 nitrogen and oxygen atoms in total. The maximum absolute atomic E-state index is 8.93. The van der Waals surface area contributed by atoms with E-state index in [2.05, 4.69) is 28.6 Å². The molecule has 0 fully saturated rings. The molecule has 0 bridgehead atoms. The highest BCUT2D eigenvalue weighted by Gasteiger charge is 2.15. The Morgan fingerprint density at radius 3 is 2.47 bits per heavy atom. The van der Waals surface area contributed by atoms with Crippen LogP contribution in [0.1, 0.15) is 41.8 Å². The number of hydrogen-bond acceptors (Lipinski definition) is 6. The Kier molecular flexibility index (Phi) is 7.27. The summed E-state index contributed by atoms with van der Waals surface area (Å²) in [5.41, 5.74) is 4.33. The number of anilines is 2. The van der Waals surface area contributed by atoms with E-state index >= 15 is 0 Å². The molecule has 0 saturated carbocycles. The second-order valence-corrected chi connectivity index (χ2v) is 6.64. The quantitative estimate of drug-likeness (QED) is 0.537. The Morgan fingerprint density at radius 2 is 1.80 bits per heavy atom. The summed E-state index contributed by atoms with van der Waals surface area (Å²) in [5.74, 6) is 0.495. The van der Waals surface area contributed by atoms with Gasteiger partial charge in [0, 0.05) is 18.0 Å². The average Bonchev–Trinajstić information content (AvgIpc) is 2.79. The van der Waals surface area contributed by atoms with Crippen LogP contribution in [0.5, 0.6) is 0 Å². The van der Waals surface area contributed by atoms with Crippen LogP contribution in [0, 0.1) is 22.7 Å². The number of hydrogen-bond donors (Lipinski definition) is 2. The van der Waals surface area contributed by atoms with Crippen molar-refractivity contribution in [1.82, 2.24) is 15.3 Å². The van der Waals surface area contributed by atoms with Crippen molar-refractivity contribution in [2.45, 2.75) is 19.4 Å². The van der Waals surface area contributed by atoms with Crippen molar-refractivity contribution in [3.05, 3.63) is 89.3 Å². The first-order valence-electron chi connectivity index (χ1n) is 9.73. The molecule has 3 rings (SSSR count). The van der Waals surface area contributed by atoms with Gasteiger partial charge in [-0.1, -0.05) is 31.2 Å². The highest BCUT2D eigenvalue weighted by atomic mass is 15.1. The maximum Gasteiger partial charge on any atom is 0.227 e. The van der Waals surface area contributed by atoms with Gasteiger partial charge in [0.1, 0.15) is 0 Å². The summed E-state index contributed by atoms with van der Waals surface area (Å²) in [7, 11) is 0. The van der Waals surface area contributed by atoms with E-state index in [0.717, 1.165) is 35.5 Å². The summed E-state index contributed by atoms with van der Waals surface area (Å²) in [5, 5.41) is 24.4. The molecule has 6 heteroatoms. The van der Waals surface area contributed by atoms with E-state index in [1.165, 1.54) is 6.08 Å². The molecule has 2 N–H and O–H groups in total. The molecule has 148 valence electrons. The van der Waals surface area contributed by atoms with E-state index in [-0.39, 0.29) is 6.04 Å². The lowest BCUT2D eigenvalue weighted by molar-refractivity contribution is 0.586. The molecule has 0 aliphatic rings. The van der Waals surface area contributed by atoms with Crippen LogP contribution in [-0.2, 0) is 0 Å². The minimum Gasteiger partial charge on any atom is -0.324 e. The number of nitrogens with zero attached hydrogens (tertiary/aromatic N) is 4. The van der Waals surface area contributed by atoms with Gasteiger partial charge < -0.3 is 10.6 Å². The molecule has 0 aliphatic carbocycles. The third kappa shape index (κ3) is 5.51. The lowest BCUT2D eigenvalue weighted by Crippen LogP contribution is -2.24. The van der Waals surface area contributed by atoms with Crippen molar-refractivity contribution in [1.29, 1.82) is 10.5 Å². The third-order valence-electron chi connectivity index (χ3n) is 4.46. The van der Waals surface area contributed by atoms with Crippen molar-refractivity contribution >= 4 is 17.7 Å². The number of benzene rings is 2. The van der Waals surface area contributed by atoms with Crippen molar-refractivity contribution in [2.24, 2.45) is 0 Å². The smallest absolute Gasteiger partial charge is 0.227 e. The number of aromatic nitrogens is 2. The maximum atomic E-state index is 8.93.